The van der Waals surface area contributed by atoms with E-state index in [9.17, 15) is 0 Å². The van der Waals surface area contributed by atoms with Gasteiger partial charge in [-0.05, 0) is 0 Å². The summed E-state index contributed by atoms with van der Waals surface area (Å²) in [5.41, 5.74) is 2.69. The van der Waals surface area contributed by atoms with E-state index >= 15 is 0 Å². The van der Waals surface area contributed by atoms with Crippen LogP contribution in [0.5, 0.6) is 0 Å². The molecule has 0 unspecified atom stereocenters. The minimum Gasteiger partial charge on any atom is -0.213 e. The van der Waals surface area contributed by atoms with Crippen molar-refractivity contribution in [2.75, 3.05) is 0 Å². The minimum atomic E-state index is 0. The van der Waals surface area contributed by atoms with Gasteiger partial charge in [0.1, 0.15) is 0 Å². The molecule has 13 heavy (non-hydrogen) atoms. The van der Waals surface area contributed by atoms with Crippen LogP contribution < -0.4 is 0 Å². The molecule has 0 N–H and O–H groups in total. The normalized spacial score (nSPS) is 8.15. The molecule has 0 atom stereocenters. The molecule has 0 spiro atoms. The summed E-state index contributed by atoms with van der Waals surface area (Å²) in [6, 6.07) is 16.5. The van der Waals surface area contributed by atoms with Crippen LogP contribution in [0.1, 0.15) is 11.1 Å². The van der Waals surface area contributed by atoms with Crippen LogP contribution >= 0.6 is 0 Å². The molecule has 71 valence electrons. The second-order valence-corrected chi connectivity index (χ2v) is 2.92. The third kappa shape index (κ3) is 5.57. The first-order valence-corrected chi connectivity index (χ1v) is 4.15. The molecule has 0 bridgehead atoms. The molecular formula is C12H14Tc-2. The Bertz CT molecular complexity index is 245. The maximum atomic E-state index is 2.08. The van der Waals surface area contributed by atoms with Crippen LogP contribution in [-0.4, -0.2) is 0 Å². The average molecular weight is 256 g/mol. The maximum Gasteiger partial charge on any atom is 0 e. The van der Waals surface area contributed by atoms with Gasteiger partial charge in [-0.25, -0.2) is 24.3 Å². The van der Waals surface area contributed by atoms with E-state index in [1.54, 1.807) is 0 Å². The molecule has 2 aromatic rings. The minimum absolute atomic E-state index is 0. The molecule has 0 aliphatic carbocycles. The van der Waals surface area contributed by atoms with E-state index in [1.165, 1.54) is 11.1 Å². The van der Waals surface area contributed by atoms with Crippen molar-refractivity contribution in [2.24, 2.45) is 0 Å². The van der Waals surface area contributed by atoms with Gasteiger partial charge in [-0.15, -0.1) is 0 Å². The fourth-order valence-electron chi connectivity index (χ4n) is 0.940. The van der Waals surface area contributed by atoms with Crippen LogP contribution in [-0.2, 0) is 20.1 Å². The number of aryl methyl sites for hydroxylation is 2. The van der Waals surface area contributed by atoms with Crippen molar-refractivity contribution in [3.63, 3.8) is 0 Å². The quantitative estimate of drug-likeness (QED) is 0.633. The summed E-state index contributed by atoms with van der Waals surface area (Å²) in [7, 11) is 0. The fourth-order valence-corrected chi connectivity index (χ4v) is 0.940. The van der Waals surface area contributed by atoms with Crippen molar-refractivity contribution in [1.82, 2.24) is 0 Å². The van der Waals surface area contributed by atoms with Gasteiger partial charge in [-0.3, -0.25) is 0 Å². The van der Waals surface area contributed by atoms with Gasteiger partial charge in [-0.2, -0.15) is 35.4 Å². The van der Waals surface area contributed by atoms with Crippen molar-refractivity contribution < 1.29 is 20.1 Å². The van der Waals surface area contributed by atoms with E-state index in [0.29, 0.717) is 0 Å². The smallest absolute Gasteiger partial charge is 0 e. The van der Waals surface area contributed by atoms with E-state index in [4.69, 9.17) is 0 Å². The van der Waals surface area contributed by atoms with Gasteiger partial charge in [0, 0.05) is 20.1 Å². The summed E-state index contributed by atoms with van der Waals surface area (Å²) in [6.07, 6.45) is 0. The van der Waals surface area contributed by atoms with Gasteiger partial charge in [0.25, 0.3) is 0 Å². The summed E-state index contributed by atoms with van der Waals surface area (Å²) >= 11 is 0. The molecule has 0 nitrogen and oxygen atoms in total. The van der Waals surface area contributed by atoms with E-state index in [0.717, 1.165) is 0 Å². The van der Waals surface area contributed by atoms with Gasteiger partial charge in [0.2, 0.25) is 0 Å². The van der Waals surface area contributed by atoms with Crippen molar-refractivity contribution in [1.29, 1.82) is 0 Å². The first-order chi connectivity index (χ1) is 5.79. The van der Waals surface area contributed by atoms with Crippen molar-refractivity contribution >= 4 is 0 Å². The van der Waals surface area contributed by atoms with Crippen LogP contribution in [0, 0.1) is 13.8 Å². The molecule has 0 amide bonds. The predicted octanol–water partition coefficient (Wildman–Crippen LogP) is 3.43. The van der Waals surface area contributed by atoms with Crippen molar-refractivity contribution in [3.8, 4) is 0 Å². The molecule has 1 heteroatoms. The molecule has 2 rings (SSSR count). The second kappa shape index (κ2) is 6.82. The summed E-state index contributed by atoms with van der Waals surface area (Å²) in [5, 5.41) is 0. The summed E-state index contributed by atoms with van der Waals surface area (Å²) < 4.78 is 0. The number of hydrogen-bond donors (Lipinski definition) is 0. The van der Waals surface area contributed by atoms with Gasteiger partial charge in [-0.1, -0.05) is 13.8 Å². The van der Waals surface area contributed by atoms with Gasteiger partial charge in [0.15, 0.2) is 0 Å². The summed E-state index contributed by atoms with van der Waals surface area (Å²) in [5.74, 6) is 0. The van der Waals surface area contributed by atoms with Crippen molar-refractivity contribution in [2.45, 2.75) is 13.8 Å². The number of hydrogen-bond acceptors (Lipinski definition) is 0. The fraction of sp³-hybridized carbons (Fsp3) is 0.167. The Balaban J connectivity index is 0.000000206. The topological polar surface area (TPSA) is 0 Å². The van der Waals surface area contributed by atoms with E-state index in [2.05, 4.69) is 38.1 Å². The molecule has 0 saturated heterocycles. The standard InChI is InChI=1S/2C6H7.Tc/c2*1-6-4-2-3-5-6;/h2*2-5H,1H3;/q2*-1;. The van der Waals surface area contributed by atoms with Crippen LogP contribution in [0.25, 0.3) is 0 Å². The van der Waals surface area contributed by atoms with Crippen molar-refractivity contribution in [3.05, 3.63) is 59.7 Å². The Morgan fingerprint density at radius 1 is 0.615 bits per heavy atom. The zero-order valence-electron chi connectivity index (χ0n) is 8.00. The van der Waals surface area contributed by atoms with Crippen LogP contribution in [0.4, 0.5) is 0 Å². The Hall–Kier alpha value is -0.651. The molecular weight excluding hydrogens is 242 g/mol. The zero-order chi connectivity index (χ0) is 8.81. The number of rotatable bonds is 0. The molecule has 0 aliphatic rings. The zero-order valence-corrected chi connectivity index (χ0v) is 9.85. The molecule has 0 saturated carbocycles. The Morgan fingerprint density at radius 3 is 0.923 bits per heavy atom. The Kier molecular flexibility index (Phi) is 6.48. The van der Waals surface area contributed by atoms with E-state index < -0.39 is 0 Å². The van der Waals surface area contributed by atoms with Gasteiger partial charge < -0.3 is 0 Å². The Morgan fingerprint density at radius 2 is 0.846 bits per heavy atom. The van der Waals surface area contributed by atoms with Crippen LogP contribution in [0.3, 0.4) is 0 Å². The van der Waals surface area contributed by atoms with Crippen LogP contribution in [0.2, 0.25) is 0 Å². The summed E-state index contributed by atoms with van der Waals surface area (Å²) in [4.78, 5) is 0. The molecule has 0 aliphatic heterocycles. The monoisotopic (exact) mass is 255 g/mol. The first-order valence-electron chi connectivity index (χ1n) is 4.15. The van der Waals surface area contributed by atoms with Crippen LogP contribution in [0.15, 0.2) is 48.5 Å². The SMILES string of the molecule is C[c-]1cccc1.C[c-]1cccc1.[Tc]. The molecule has 2 aromatic carbocycles. The van der Waals surface area contributed by atoms with Gasteiger partial charge >= 0.3 is 0 Å². The maximum absolute atomic E-state index is 2.08. The third-order valence-corrected chi connectivity index (χ3v) is 1.66. The largest absolute Gasteiger partial charge is 0.213 e. The van der Waals surface area contributed by atoms with E-state index in [1.807, 2.05) is 24.3 Å². The molecule has 0 aromatic heterocycles. The molecule has 1 radical (unpaired) electrons. The molecule has 0 heterocycles. The van der Waals surface area contributed by atoms with E-state index in [-0.39, 0.29) is 20.1 Å². The third-order valence-electron chi connectivity index (χ3n) is 1.66. The second-order valence-electron chi connectivity index (χ2n) is 2.92. The average Bonchev–Trinajstić information content (AvgIpc) is 2.63. The first kappa shape index (κ1) is 12.3. The predicted molar refractivity (Wildman–Crippen MR) is 53.5 cm³/mol. The summed E-state index contributed by atoms with van der Waals surface area (Å²) in [6.45, 7) is 4.17. The van der Waals surface area contributed by atoms with Gasteiger partial charge in [0.05, 0.1) is 0 Å². The Labute approximate surface area is 93.7 Å². The molecule has 0 fully saturated rings.